The second-order valence-corrected chi connectivity index (χ2v) is 5.01. The maximum atomic E-state index is 11.7. The van der Waals surface area contributed by atoms with Crippen molar-refractivity contribution >= 4 is 17.3 Å². The molecule has 0 saturated carbocycles. The Kier molecular flexibility index (Phi) is 8.47. The second-order valence-electron chi connectivity index (χ2n) is 5.01. The minimum Gasteiger partial charge on any atom is -0.379 e. The molecule has 0 heterocycles. The van der Waals surface area contributed by atoms with Crippen molar-refractivity contribution in [2.75, 3.05) is 50.7 Å². The summed E-state index contributed by atoms with van der Waals surface area (Å²) in [5, 5.41) is 2.80. The lowest BCUT2D eigenvalue weighted by Gasteiger charge is -2.13. The number of carbonyl (C=O) groups excluding carboxylic acids is 1. The number of nitrogens with zero attached hydrogens (tertiary/aromatic N) is 1. The number of rotatable bonds is 10. The van der Waals surface area contributed by atoms with Gasteiger partial charge >= 0.3 is 0 Å². The van der Waals surface area contributed by atoms with E-state index in [1.165, 1.54) is 0 Å². The highest BCUT2D eigenvalue weighted by molar-refractivity contribution is 5.91. The third-order valence-electron chi connectivity index (χ3n) is 2.91. The number of carbonyl (C=O) groups is 1. The molecule has 0 bridgehead atoms. The van der Waals surface area contributed by atoms with Gasteiger partial charge in [-0.25, -0.2) is 0 Å². The molecular formula is C16H26N2O3. The van der Waals surface area contributed by atoms with Crippen LogP contribution < -0.4 is 10.2 Å². The zero-order chi connectivity index (χ0) is 15.5. The Labute approximate surface area is 127 Å². The Hall–Kier alpha value is -1.59. The molecule has 1 amide bonds. The zero-order valence-electron chi connectivity index (χ0n) is 13.2. The lowest BCUT2D eigenvalue weighted by atomic mass is 10.2. The van der Waals surface area contributed by atoms with E-state index in [4.69, 9.17) is 9.47 Å². The van der Waals surface area contributed by atoms with E-state index in [1.54, 1.807) is 0 Å². The fraction of sp³-hybridized carbons (Fsp3) is 0.562. The summed E-state index contributed by atoms with van der Waals surface area (Å²) >= 11 is 0. The summed E-state index contributed by atoms with van der Waals surface area (Å²) in [6.45, 7) is 3.90. The molecule has 1 aromatic carbocycles. The Morgan fingerprint density at radius 2 is 1.76 bits per heavy atom. The van der Waals surface area contributed by atoms with E-state index in [0.717, 1.165) is 30.8 Å². The Bertz CT molecular complexity index is 404. The summed E-state index contributed by atoms with van der Waals surface area (Å²) in [4.78, 5) is 13.7. The van der Waals surface area contributed by atoms with Crippen LogP contribution in [0.5, 0.6) is 0 Å². The first kappa shape index (κ1) is 17.5. The van der Waals surface area contributed by atoms with Crippen molar-refractivity contribution in [1.29, 1.82) is 0 Å². The summed E-state index contributed by atoms with van der Waals surface area (Å²) in [6, 6.07) is 7.66. The van der Waals surface area contributed by atoms with Crippen molar-refractivity contribution in [1.82, 2.24) is 0 Å². The average Bonchev–Trinajstić information content (AvgIpc) is 2.47. The van der Waals surface area contributed by atoms with Crippen molar-refractivity contribution in [2.24, 2.45) is 0 Å². The van der Waals surface area contributed by atoms with E-state index < -0.39 is 0 Å². The highest BCUT2D eigenvalue weighted by Gasteiger charge is 2.03. The van der Waals surface area contributed by atoms with Crippen LogP contribution in [0.3, 0.4) is 0 Å². The van der Waals surface area contributed by atoms with Crippen molar-refractivity contribution < 1.29 is 14.3 Å². The molecule has 0 aliphatic carbocycles. The van der Waals surface area contributed by atoms with Crippen LogP contribution >= 0.6 is 0 Å². The van der Waals surface area contributed by atoms with Gasteiger partial charge in [0.2, 0.25) is 5.91 Å². The van der Waals surface area contributed by atoms with Gasteiger partial charge in [-0.15, -0.1) is 0 Å². The van der Waals surface area contributed by atoms with E-state index in [0.29, 0.717) is 13.2 Å². The fourth-order valence-corrected chi connectivity index (χ4v) is 1.67. The summed E-state index contributed by atoms with van der Waals surface area (Å²) < 4.78 is 10.6. The second kappa shape index (κ2) is 10.2. The first-order valence-corrected chi connectivity index (χ1v) is 7.36. The molecule has 0 aliphatic rings. The molecule has 0 atom stereocenters. The summed E-state index contributed by atoms with van der Waals surface area (Å²) in [5.74, 6) is -0.152. The van der Waals surface area contributed by atoms with Crippen molar-refractivity contribution in [3.63, 3.8) is 0 Å². The van der Waals surface area contributed by atoms with Crippen molar-refractivity contribution in [3.8, 4) is 0 Å². The topological polar surface area (TPSA) is 50.8 Å². The number of amides is 1. The van der Waals surface area contributed by atoms with Crippen LogP contribution in [0.4, 0.5) is 11.4 Å². The third-order valence-corrected chi connectivity index (χ3v) is 2.91. The molecule has 0 aromatic heterocycles. The number of hydrogen-bond donors (Lipinski definition) is 1. The van der Waals surface area contributed by atoms with Crippen molar-refractivity contribution in [2.45, 2.75) is 19.8 Å². The molecule has 1 aromatic rings. The Balaban J connectivity index is 2.15. The van der Waals surface area contributed by atoms with Gasteiger partial charge in [0.25, 0.3) is 0 Å². The summed E-state index contributed by atoms with van der Waals surface area (Å²) in [6.07, 6.45) is 2.18. The van der Waals surface area contributed by atoms with Crippen LogP contribution in [0.25, 0.3) is 0 Å². The predicted molar refractivity (Wildman–Crippen MR) is 85.9 cm³/mol. The number of ether oxygens (including phenoxy) is 2. The molecule has 5 nitrogen and oxygen atoms in total. The van der Waals surface area contributed by atoms with E-state index in [9.17, 15) is 4.79 Å². The minimum atomic E-state index is -0.152. The maximum Gasteiger partial charge on any atom is 0.250 e. The Morgan fingerprint density at radius 3 is 2.38 bits per heavy atom. The molecular weight excluding hydrogens is 268 g/mol. The standard InChI is InChI=1S/C16H26N2O3/c1-4-5-10-20-11-12-21-13-16(19)17-14-6-8-15(9-7-14)18(2)3/h6-9H,4-5,10-13H2,1-3H3,(H,17,19). The zero-order valence-corrected chi connectivity index (χ0v) is 13.2. The molecule has 1 rings (SSSR count). The highest BCUT2D eigenvalue weighted by Crippen LogP contribution is 2.15. The van der Waals surface area contributed by atoms with Crippen LogP contribution in [-0.4, -0.2) is 46.4 Å². The molecule has 5 heteroatoms. The quantitative estimate of drug-likeness (QED) is 0.674. The fourth-order valence-electron chi connectivity index (χ4n) is 1.67. The van der Waals surface area contributed by atoms with Crippen LogP contribution in [0.1, 0.15) is 19.8 Å². The van der Waals surface area contributed by atoms with E-state index in [-0.39, 0.29) is 12.5 Å². The van der Waals surface area contributed by atoms with Gasteiger partial charge in [-0.3, -0.25) is 4.79 Å². The van der Waals surface area contributed by atoms with Gasteiger partial charge in [-0.2, -0.15) is 0 Å². The normalized spacial score (nSPS) is 10.4. The summed E-state index contributed by atoms with van der Waals surface area (Å²) in [7, 11) is 3.95. The third kappa shape index (κ3) is 7.68. The van der Waals surface area contributed by atoms with E-state index >= 15 is 0 Å². The molecule has 118 valence electrons. The van der Waals surface area contributed by atoms with E-state index in [1.807, 2.05) is 43.3 Å². The molecule has 21 heavy (non-hydrogen) atoms. The van der Waals surface area contributed by atoms with Gasteiger partial charge in [0, 0.05) is 32.1 Å². The summed E-state index contributed by atoms with van der Waals surface area (Å²) in [5.41, 5.74) is 1.86. The van der Waals surface area contributed by atoms with Crippen molar-refractivity contribution in [3.05, 3.63) is 24.3 Å². The molecule has 0 fully saturated rings. The molecule has 0 radical (unpaired) electrons. The number of anilines is 2. The first-order valence-electron chi connectivity index (χ1n) is 7.36. The predicted octanol–water partition coefficient (Wildman–Crippen LogP) is 2.52. The number of hydrogen-bond acceptors (Lipinski definition) is 4. The first-order chi connectivity index (χ1) is 10.1. The molecule has 0 unspecified atom stereocenters. The monoisotopic (exact) mass is 294 g/mol. The lowest BCUT2D eigenvalue weighted by molar-refractivity contribution is -0.121. The minimum absolute atomic E-state index is 0.0482. The Morgan fingerprint density at radius 1 is 1.10 bits per heavy atom. The van der Waals surface area contributed by atoms with Gasteiger partial charge in [0.1, 0.15) is 6.61 Å². The van der Waals surface area contributed by atoms with Gasteiger partial charge in [0.15, 0.2) is 0 Å². The van der Waals surface area contributed by atoms with Gasteiger partial charge in [-0.05, 0) is 30.7 Å². The molecule has 0 aliphatic heterocycles. The maximum absolute atomic E-state index is 11.7. The number of unbranched alkanes of at least 4 members (excludes halogenated alkanes) is 1. The van der Waals surface area contributed by atoms with Gasteiger partial charge in [-0.1, -0.05) is 13.3 Å². The van der Waals surface area contributed by atoms with Gasteiger partial charge < -0.3 is 19.7 Å². The van der Waals surface area contributed by atoms with Crippen LogP contribution in [0.2, 0.25) is 0 Å². The van der Waals surface area contributed by atoms with Crippen LogP contribution in [0.15, 0.2) is 24.3 Å². The molecule has 0 saturated heterocycles. The average molecular weight is 294 g/mol. The smallest absolute Gasteiger partial charge is 0.250 e. The van der Waals surface area contributed by atoms with Crippen LogP contribution in [0, 0.1) is 0 Å². The SMILES string of the molecule is CCCCOCCOCC(=O)Nc1ccc(N(C)C)cc1. The number of benzene rings is 1. The van der Waals surface area contributed by atoms with Gasteiger partial charge in [0.05, 0.1) is 13.2 Å². The number of nitrogens with one attached hydrogen (secondary N) is 1. The van der Waals surface area contributed by atoms with E-state index in [2.05, 4.69) is 12.2 Å². The highest BCUT2D eigenvalue weighted by atomic mass is 16.5. The molecule has 0 spiro atoms. The largest absolute Gasteiger partial charge is 0.379 e. The lowest BCUT2D eigenvalue weighted by Crippen LogP contribution is -2.20. The van der Waals surface area contributed by atoms with Crippen LogP contribution in [-0.2, 0) is 14.3 Å². The molecule has 1 N–H and O–H groups in total.